The van der Waals surface area contributed by atoms with Gasteiger partial charge in [-0.25, -0.2) is 0 Å². The van der Waals surface area contributed by atoms with Crippen molar-refractivity contribution in [3.8, 4) is 0 Å². The van der Waals surface area contributed by atoms with Gasteiger partial charge in [-0.05, 0) is 41.7 Å². The van der Waals surface area contributed by atoms with Gasteiger partial charge in [0.05, 0.1) is 0 Å². The van der Waals surface area contributed by atoms with Gasteiger partial charge in [0.15, 0.2) is 0 Å². The minimum atomic E-state index is 0.538. The molecule has 13 heavy (non-hydrogen) atoms. The van der Waals surface area contributed by atoms with Crippen molar-refractivity contribution < 1.29 is 0 Å². The van der Waals surface area contributed by atoms with Crippen LogP contribution < -0.4 is 0 Å². The molecule has 0 heterocycles. The van der Waals surface area contributed by atoms with E-state index in [-0.39, 0.29) is 0 Å². The largest absolute Gasteiger partial charge is 0.0620 e. The molecule has 1 aromatic carbocycles. The Balaban J connectivity index is 2.17. The topological polar surface area (TPSA) is 0 Å². The van der Waals surface area contributed by atoms with E-state index in [9.17, 15) is 0 Å². The van der Waals surface area contributed by atoms with Gasteiger partial charge in [-0.2, -0.15) is 0 Å². The lowest BCUT2D eigenvalue weighted by atomic mass is 9.79. The Bertz CT molecular complexity index is 340. The fraction of sp³-hybridized carbons (Fsp3) is 0.538. The first-order chi connectivity index (χ1) is 6.31. The molecule has 0 spiro atoms. The molecule has 0 unspecified atom stereocenters. The van der Waals surface area contributed by atoms with Crippen molar-refractivity contribution in [3.05, 3.63) is 35.4 Å². The Morgan fingerprint density at radius 1 is 1.31 bits per heavy atom. The highest BCUT2D eigenvalue weighted by Gasteiger charge is 2.45. The van der Waals surface area contributed by atoms with E-state index in [4.69, 9.17) is 0 Å². The predicted molar refractivity (Wildman–Crippen MR) is 54.8 cm³/mol. The zero-order valence-corrected chi connectivity index (χ0v) is 8.22. The average Bonchev–Trinajstić information content (AvgIpc) is 2.60. The molecule has 1 saturated carbocycles. The van der Waals surface area contributed by atoms with Crippen molar-refractivity contribution in [2.75, 3.05) is 0 Å². The molecule has 0 heteroatoms. The molecule has 0 aliphatic heterocycles. The van der Waals surface area contributed by atoms with Crippen LogP contribution in [0.3, 0.4) is 0 Å². The lowest BCUT2D eigenvalue weighted by Crippen LogP contribution is -2.21. The van der Waals surface area contributed by atoms with Crippen LogP contribution in [-0.2, 0) is 11.8 Å². The Morgan fingerprint density at radius 3 is 3.08 bits per heavy atom. The summed E-state index contributed by atoms with van der Waals surface area (Å²) in [6.45, 7) is 2.47. The maximum atomic E-state index is 2.47. The Hall–Kier alpha value is -0.780. The molecule has 0 saturated heterocycles. The summed E-state index contributed by atoms with van der Waals surface area (Å²) in [4.78, 5) is 0. The summed E-state index contributed by atoms with van der Waals surface area (Å²) in [5, 5.41) is 0. The molecule has 0 nitrogen and oxygen atoms in total. The maximum absolute atomic E-state index is 2.47. The summed E-state index contributed by atoms with van der Waals surface area (Å²) < 4.78 is 0. The van der Waals surface area contributed by atoms with Gasteiger partial charge >= 0.3 is 0 Å². The van der Waals surface area contributed by atoms with Crippen LogP contribution in [0.15, 0.2) is 24.3 Å². The fourth-order valence-corrected chi connectivity index (χ4v) is 3.44. The highest BCUT2D eigenvalue weighted by atomic mass is 14.5. The quantitative estimate of drug-likeness (QED) is 0.563. The smallest absolute Gasteiger partial charge is 0.00411 e. The van der Waals surface area contributed by atoms with Crippen LogP contribution in [0.2, 0.25) is 0 Å². The highest BCUT2D eigenvalue weighted by molar-refractivity contribution is 5.41. The summed E-state index contributed by atoms with van der Waals surface area (Å²) >= 11 is 0. The SMILES string of the molecule is C[C@]12CCC[C@H]1Cc1ccccc12. The summed E-state index contributed by atoms with van der Waals surface area (Å²) in [5.41, 5.74) is 3.81. The summed E-state index contributed by atoms with van der Waals surface area (Å²) in [7, 11) is 0. The Morgan fingerprint density at radius 2 is 2.15 bits per heavy atom. The van der Waals surface area contributed by atoms with E-state index in [1.54, 1.807) is 11.1 Å². The second-order valence-electron chi connectivity index (χ2n) is 4.87. The Kier molecular flexibility index (Phi) is 1.39. The number of benzene rings is 1. The van der Waals surface area contributed by atoms with E-state index in [0.717, 1.165) is 5.92 Å². The number of hydrogen-bond donors (Lipinski definition) is 0. The summed E-state index contributed by atoms with van der Waals surface area (Å²) in [6, 6.07) is 9.05. The molecule has 2 aliphatic rings. The molecule has 2 atom stereocenters. The first kappa shape index (κ1) is 7.61. The zero-order valence-electron chi connectivity index (χ0n) is 8.22. The first-order valence-electron chi connectivity index (χ1n) is 5.39. The normalized spacial score (nSPS) is 35.9. The molecule has 0 bridgehead atoms. The van der Waals surface area contributed by atoms with Crippen LogP contribution in [0.25, 0.3) is 0 Å². The molecule has 0 radical (unpaired) electrons. The lowest BCUT2D eigenvalue weighted by Gasteiger charge is -2.25. The minimum absolute atomic E-state index is 0.538. The molecule has 1 aromatic rings. The van der Waals surface area contributed by atoms with E-state index in [1.165, 1.54) is 25.7 Å². The van der Waals surface area contributed by atoms with Gasteiger partial charge in [0.1, 0.15) is 0 Å². The molecule has 1 fully saturated rings. The summed E-state index contributed by atoms with van der Waals surface area (Å²) in [5.74, 6) is 0.949. The van der Waals surface area contributed by atoms with Crippen LogP contribution in [-0.4, -0.2) is 0 Å². The second-order valence-corrected chi connectivity index (χ2v) is 4.87. The monoisotopic (exact) mass is 172 g/mol. The molecular weight excluding hydrogens is 156 g/mol. The van der Waals surface area contributed by atoms with E-state index in [0.29, 0.717) is 5.41 Å². The Labute approximate surface area is 80.0 Å². The second kappa shape index (κ2) is 2.37. The van der Waals surface area contributed by atoms with Crippen molar-refractivity contribution in [1.82, 2.24) is 0 Å². The van der Waals surface area contributed by atoms with E-state index >= 15 is 0 Å². The third-order valence-corrected chi connectivity index (χ3v) is 4.25. The van der Waals surface area contributed by atoms with Gasteiger partial charge in [0, 0.05) is 0 Å². The molecular formula is C13H16. The van der Waals surface area contributed by atoms with Crippen LogP contribution >= 0.6 is 0 Å². The zero-order chi connectivity index (χ0) is 8.89. The predicted octanol–water partition coefficient (Wildman–Crippen LogP) is 3.30. The van der Waals surface area contributed by atoms with Gasteiger partial charge in [-0.1, -0.05) is 37.6 Å². The molecule has 3 rings (SSSR count). The van der Waals surface area contributed by atoms with Gasteiger partial charge in [-0.15, -0.1) is 0 Å². The van der Waals surface area contributed by atoms with Crippen molar-refractivity contribution in [2.45, 2.75) is 38.0 Å². The third-order valence-electron chi connectivity index (χ3n) is 4.25. The van der Waals surface area contributed by atoms with Gasteiger partial charge in [0.25, 0.3) is 0 Å². The van der Waals surface area contributed by atoms with Crippen molar-refractivity contribution in [2.24, 2.45) is 5.92 Å². The molecule has 0 amide bonds. The number of fused-ring (bicyclic) bond motifs is 3. The third kappa shape index (κ3) is 0.864. The van der Waals surface area contributed by atoms with Crippen LogP contribution in [0.5, 0.6) is 0 Å². The number of rotatable bonds is 0. The fourth-order valence-electron chi connectivity index (χ4n) is 3.44. The van der Waals surface area contributed by atoms with Gasteiger partial charge in [0.2, 0.25) is 0 Å². The maximum Gasteiger partial charge on any atom is -0.00411 e. The van der Waals surface area contributed by atoms with Crippen LogP contribution in [0.4, 0.5) is 0 Å². The van der Waals surface area contributed by atoms with Crippen LogP contribution in [0.1, 0.15) is 37.3 Å². The van der Waals surface area contributed by atoms with Crippen molar-refractivity contribution in [1.29, 1.82) is 0 Å². The highest BCUT2D eigenvalue weighted by Crippen LogP contribution is 2.52. The van der Waals surface area contributed by atoms with E-state index in [1.807, 2.05) is 0 Å². The molecule has 0 aromatic heterocycles. The van der Waals surface area contributed by atoms with Crippen molar-refractivity contribution in [3.63, 3.8) is 0 Å². The van der Waals surface area contributed by atoms with E-state index in [2.05, 4.69) is 31.2 Å². The standard InChI is InChI=1S/C13H16/c1-13-8-4-6-11(13)9-10-5-2-3-7-12(10)13/h2-3,5,7,11H,4,6,8-9H2,1H3/t11-,13-/m0/s1. The average molecular weight is 172 g/mol. The minimum Gasteiger partial charge on any atom is -0.0620 e. The van der Waals surface area contributed by atoms with Crippen molar-refractivity contribution >= 4 is 0 Å². The van der Waals surface area contributed by atoms with Crippen LogP contribution in [0, 0.1) is 5.92 Å². The van der Waals surface area contributed by atoms with E-state index < -0.39 is 0 Å². The summed E-state index contributed by atoms with van der Waals surface area (Å²) in [6.07, 6.45) is 5.64. The lowest BCUT2D eigenvalue weighted by molar-refractivity contribution is 0.379. The van der Waals surface area contributed by atoms with Gasteiger partial charge < -0.3 is 0 Å². The van der Waals surface area contributed by atoms with Gasteiger partial charge in [-0.3, -0.25) is 0 Å². The molecule has 0 N–H and O–H groups in total. The molecule has 68 valence electrons. The molecule has 2 aliphatic carbocycles. The first-order valence-corrected chi connectivity index (χ1v) is 5.39. The number of hydrogen-bond acceptors (Lipinski definition) is 0.